The predicted molar refractivity (Wildman–Crippen MR) is 47.9 cm³/mol. The van der Waals surface area contributed by atoms with Crippen LogP contribution < -0.4 is 10.6 Å². The van der Waals surface area contributed by atoms with Gasteiger partial charge in [0.15, 0.2) is 0 Å². The minimum atomic E-state index is -0.917. The highest BCUT2D eigenvalue weighted by molar-refractivity contribution is 5.78. The van der Waals surface area contributed by atoms with E-state index in [0.717, 1.165) is 0 Å². The standard InChI is InChI=1S/C8H14N2O4/c1-2-14-8(13)6-4-9-5(3-10-6)7(11)12/h5-6,9-10H,2-4H2,1H3,(H,11,12). The molecule has 80 valence electrons. The second-order valence-corrected chi connectivity index (χ2v) is 3.01. The van der Waals surface area contributed by atoms with Crippen molar-refractivity contribution in [3.8, 4) is 0 Å². The van der Waals surface area contributed by atoms with Gasteiger partial charge in [-0.15, -0.1) is 0 Å². The molecule has 6 nitrogen and oxygen atoms in total. The van der Waals surface area contributed by atoms with E-state index in [1.54, 1.807) is 6.92 Å². The first kappa shape index (κ1) is 10.9. The molecule has 0 saturated carbocycles. The van der Waals surface area contributed by atoms with Gasteiger partial charge in [0.05, 0.1) is 6.61 Å². The number of nitrogens with one attached hydrogen (secondary N) is 2. The fourth-order valence-corrected chi connectivity index (χ4v) is 1.25. The second kappa shape index (κ2) is 4.92. The number of esters is 1. The lowest BCUT2D eigenvalue weighted by Gasteiger charge is -2.27. The zero-order chi connectivity index (χ0) is 10.6. The molecule has 0 amide bonds. The van der Waals surface area contributed by atoms with Crippen LogP contribution >= 0.6 is 0 Å². The first-order valence-corrected chi connectivity index (χ1v) is 4.51. The molecule has 0 aromatic carbocycles. The van der Waals surface area contributed by atoms with E-state index in [1.165, 1.54) is 0 Å². The monoisotopic (exact) mass is 202 g/mol. The molecule has 1 fully saturated rings. The molecule has 2 unspecified atom stereocenters. The summed E-state index contributed by atoms with van der Waals surface area (Å²) in [6.45, 7) is 2.59. The Bertz CT molecular complexity index is 223. The average Bonchev–Trinajstić information content (AvgIpc) is 2.18. The fourth-order valence-electron chi connectivity index (χ4n) is 1.25. The van der Waals surface area contributed by atoms with E-state index in [0.29, 0.717) is 6.61 Å². The topological polar surface area (TPSA) is 87.7 Å². The SMILES string of the molecule is CCOC(=O)C1CNC(C(=O)O)CN1. The van der Waals surface area contributed by atoms with Crippen molar-refractivity contribution in [1.82, 2.24) is 10.6 Å². The lowest BCUT2D eigenvalue weighted by molar-refractivity contribution is -0.148. The van der Waals surface area contributed by atoms with Gasteiger partial charge in [-0.1, -0.05) is 0 Å². The number of carbonyl (C=O) groups is 2. The smallest absolute Gasteiger partial charge is 0.324 e. The summed E-state index contributed by atoms with van der Waals surface area (Å²) < 4.78 is 4.79. The lowest BCUT2D eigenvalue weighted by atomic mass is 10.1. The van der Waals surface area contributed by atoms with E-state index in [1.807, 2.05) is 0 Å². The van der Waals surface area contributed by atoms with Crippen LogP contribution in [0.15, 0.2) is 0 Å². The van der Waals surface area contributed by atoms with Crippen LogP contribution in [-0.2, 0) is 14.3 Å². The summed E-state index contributed by atoms with van der Waals surface area (Å²) in [6, 6.07) is -1.06. The zero-order valence-corrected chi connectivity index (χ0v) is 7.95. The number of aliphatic carboxylic acids is 1. The van der Waals surface area contributed by atoms with E-state index < -0.39 is 18.1 Å². The molecule has 1 saturated heterocycles. The third kappa shape index (κ3) is 2.68. The highest BCUT2D eigenvalue weighted by atomic mass is 16.5. The molecule has 0 aliphatic carbocycles. The molecule has 14 heavy (non-hydrogen) atoms. The van der Waals surface area contributed by atoms with Crippen molar-refractivity contribution < 1.29 is 19.4 Å². The van der Waals surface area contributed by atoms with Crippen LogP contribution in [0.1, 0.15) is 6.92 Å². The van der Waals surface area contributed by atoms with Gasteiger partial charge in [-0.05, 0) is 6.92 Å². The number of carbonyl (C=O) groups excluding carboxylic acids is 1. The van der Waals surface area contributed by atoms with E-state index in [9.17, 15) is 9.59 Å². The Morgan fingerprint density at radius 3 is 2.36 bits per heavy atom. The normalized spacial score (nSPS) is 26.9. The molecule has 6 heteroatoms. The molecule has 1 aliphatic heterocycles. The molecule has 0 spiro atoms. The van der Waals surface area contributed by atoms with E-state index in [-0.39, 0.29) is 19.1 Å². The van der Waals surface area contributed by atoms with Crippen LogP contribution in [0.5, 0.6) is 0 Å². The van der Waals surface area contributed by atoms with Crippen molar-refractivity contribution in [2.45, 2.75) is 19.0 Å². The van der Waals surface area contributed by atoms with Crippen molar-refractivity contribution in [2.75, 3.05) is 19.7 Å². The summed E-state index contributed by atoms with van der Waals surface area (Å²) in [7, 11) is 0. The molecule has 3 N–H and O–H groups in total. The number of rotatable bonds is 3. The van der Waals surface area contributed by atoms with Crippen molar-refractivity contribution in [3.05, 3.63) is 0 Å². The lowest BCUT2D eigenvalue weighted by Crippen LogP contribution is -2.60. The average molecular weight is 202 g/mol. The Kier molecular flexibility index (Phi) is 3.84. The van der Waals surface area contributed by atoms with Gasteiger partial charge >= 0.3 is 11.9 Å². The Balaban J connectivity index is 2.35. The minimum absolute atomic E-state index is 0.235. The zero-order valence-electron chi connectivity index (χ0n) is 7.95. The van der Waals surface area contributed by atoms with Crippen LogP contribution in [0.25, 0.3) is 0 Å². The Morgan fingerprint density at radius 2 is 1.93 bits per heavy atom. The van der Waals surface area contributed by atoms with Crippen LogP contribution in [-0.4, -0.2) is 48.8 Å². The number of ether oxygens (including phenoxy) is 1. The fraction of sp³-hybridized carbons (Fsp3) is 0.750. The van der Waals surface area contributed by atoms with Crippen molar-refractivity contribution in [3.63, 3.8) is 0 Å². The largest absolute Gasteiger partial charge is 0.480 e. The Hall–Kier alpha value is -1.14. The molecule has 0 aromatic heterocycles. The number of hydrogen-bond acceptors (Lipinski definition) is 5. The summed E-state index contributed by atoms with van der Waals surface area (Å²) in [5, 5.41) is 14.2. The minimum Gasteiger partial charge on any atom is -0.480 e. The first-order chi connectivity index (χ1) is 6.65. The van der Waals surface area contributed by atoms with Gasteiger partial charge in [-0.25, -0.2) is 0 Å². The van der Waals surface area contributed by atoms with Gasteiger partial charge in [-0.3, -0.25) is 9.59 Å². The highest BCUT2D eigenvalue weighted by Gasteiger charge is 2.29. The van der Waals surface area contributed by atoms with Gasteiger partial charge in [0, 0.05) is 13.1 Å². The van der Waals surface area contributed by atoms with Crippen molar-refractivity contribution in [2.24, 2.45) is 0 Å². The van der Waals surface area contributed by atoms with E-state index in [2.05, 4.69) is 10.6 Å². The summed E-state index contributed by atoms with van der Waals surface area (Å²) >= 11 is 0. The highest BCUT2D eigenvalue weighted by Crippen LogP contribution is 1.96. The maximum Gasteiger partial charge on any atom is 0.324 e. The van der Waals surface area contributed by atoms with E-state index >= 15 is 0 Å². The van der Waals surface area contributed by atoms with Crippen LogP contribution in [0, 0.1) is 0 Å². The van der Waals surface area contributed by atoms with Gasteiger partial charge in [0.25, 0.3) is 0 Å². The summed E-state index contributed by atoms with van der Waals surface area (Å²) in [5.74, 6) is -1.26. The van der Waals surface area contributed by atoms with Gasteiger partial charge in [0.1, 0.15) is 12.1 Å². The summed E-state index contributed by atoms with van der Waals surface area (Å²) in [5.41, 5.74) is 0. The van der Waals surface area contributed by atoms with Crippen LogP contribution in [0.2, 0.25) is 0 Å². The predicted octanol–water partition coefficient (Wildman–Crippen LogP) is -1.44. The molecule has 0 radical (unpaired) electrons. The molecular formula is C8H14N2O4. The molecule has 0 bridgehead atoms. The Labute approximate surface area is 81.6 Å². The third-order valence-electron chi connectivity index (χ3n) is 2.01. The van der Waals surface area contributed by atoms with Gasteiger partial charge < -0.3 is 20.5 Å². The van der Waals surface area contributed by atoms with E-state index in [4.69, 9.17) is 9.84 Å². The van der Waals surface area contributed by atoms with Crippen molar-refractivity contribution in [1.29, 1.82) is 0 Å². The molecule has 2 atom stereocenters. The summed E-state index contributed by atoms with van der Waals surface area (Å²) in [4.78, 5) is 21.7. The molecular weight excluding hydrogens is 188 g/mol. The first-order valence-electron chi connectivity index (χ1n) is 4.51. The summed E-state index contributed by atoms with van der Waals surface area (Å²) in [6.07, 6.45) is 0. The van der Waals surface area contributed by atoms with Crippen LogP contribution in [0.3, 0.4) is 0 Å². The number of carboxylic acid groups (broad SMARTS) is 1. The van der Waals surface area contributed by atoms with Gasteiger partial charge in [0.2, 0.25) is 0 Å². The van der Waals surface area contributed by atoms with Gasteiger partial charge in [-0.2, -0.15) is 0 Å². The Morgan fingerprint density at radius 1 is 1.36 bits per heavy atom. The molecule has 1 rings (SSSR count). The number of hydrogen-bond donors (Lipinski definition) is 3. The number of piperazine rings is 1. The van der Waals surface area contributed by atoms with Crippen LogP contribution in [0.4, 0.5) is 0 Å². The number of carboxylic acids is 1. The molecule has 1 heterocycles. The maximum atomic E-state index is 11.2. The van der Waals surface area contributed by atoms with Crippen molar-refractivity contribution >= 4 is 11.9 Å². The molecule has 1 aliphatic rings. The molecule has 0 aromatic rings. The quantitative estimate of drug-likeness (QED) is 0.486. The maximum absolute atomic E-state index is 11.2. The third-order valence-corrected chi connectivity index (χ3v) is 2.01. The second-order valence-electron chi connectivity index (χ2n) is 3.01.